The molecule has 0 bridgehead atoms. The van der Waals surface area contributed by atoms with Crippen molar-refractivity contribution in [2.75, 3.05) is 0 Å². The lowest BCUT2D eigenvalue weighted by Crippen LogP contribution is -2.33. The maximum atomic E-state index is 10.4. The maximum Gasteiger partial charge on any atom is 0.108 e. The highest BCUT2D eigenvalue weighted by atomic mass is 16.3. The van der Waals surface area contributed by atoms with Crippen molar-refractivity contribution in [2.24, 2.45) is 5.18 Å². The normalized spacial score (nSPS) is 13.0. The summed E-state index contributed by atoms with van der Waals surface area (Å²) in [6, 6.07) is 6.50. The summed E-state index contributed by atoms with van der Waals surface area (Å²) < 4.78 is 0. The Bertz CT molecular complexity index is 503. The van der Waals surface area contributed by atoms with Gasteiger partial charge in [0.15, 0.2) is 0 Å². The van der Waals surface area contributed by atoms with E-state index in [0.717, 1.165) is 36.9 Å². The topological polar surface area (TPSA) is 61.7 Å². The molecule has 1 aromatic rings. The molecule has 0 radical (unpaired) electrons. The van der Waals surface area contributed by atoms with Crippen molar-refractivity contribution in [1.82, 2.24) is 5.32 Å². The van der Waals surface area contributed by atoms with E-state index in [9.17, 15) is 10.0 Å². The number of aliphatic hydroxyl groups is 1. The number of terminal acetylenes is 1. The highest BCUT2D eigenvalue weighted by Crippen LogP contribution is 2.23. The fourth-order valence-electron chi connectivity index (χ4n) is 2.11. The number of unbranched alkanes of at least 4 members (excludes halogenated alkanes) is 1. The van der Waals surface area contributed by atoms with Crippen molar-refractivity contribution in [3.05, 3.63) is 47.0 Å². The molecule has 0 saturated heterocycles. The fourth-order valence-corrected chi connectivity index (χ4v) is 2.11. The quantitative estimate of drug-likeness (QED) is 0.412. The van der Waals surface area contributed by atoms with Crippen LogP contribution in [-0.4, -0.2) is 11.1 Å². The van der Waals surface area contributed by atoms with Crippen LogP contribution >= 0.6 is 0 Å². The average Bonchev–Trinajstić information content (AvgIpc) is 2.52. The second kappa shape index (κ2) is 8.93. The molecule has 0 aliphatic carbocycles. The van der Waals surface area contributed by atoms with Crippen molar-refractivity contribution in [1.29, 1.82) is 0 Å². The van der Waals surface area contributed by atoms with Gasteiger partial charge < -0.3 is 10.4 Å². The lowest BCUT2D eigenvalue weighted by Gasteiger charge is -2.25. The standard InChI is InChI=1S/C17H22N2O2/c1-4-6-7-8-13(3)18-16(5-2)17(20)14-9-11-15(19-21)12-10-14/h1,9-12,16-18,20H,3,5-8H2,2H3/t16-,17-/m1/s1. The first-order valence-corrected chi connectivity index (χ1v) is 7.11. The molecule has 0 aliphatic heterocycles. The Morgan fingerprint density at radius 3 is 2.67 bits per heavy atom. The van der Waals surface area contributed by atoms with Gasteiger partial charge in [-0.3, -0.25) is 0 Å². The number of benzene rings is 1. The number of nitroso groups, excluding NO2 is 1. The number of hydrogen-bond donors (Lipinski definition) is 2. The monoisotopic (exact) mass is 286 g/mol. The molecule has 4 heteroatoms. The average molecular weight is 286 g/mol. The Labute approximate surface area is 126 Å². The van der Waals surface area contributed by atoms with Gasteiger partial charge in [0.05, 0.1) is 12.1 Å². The van der Waals surface area contributed by atoms with Gasteiger partial charge in [0, 0.05) is 12.1 Å². The molecule has 4 nitrogen and oxygen atoms in total. The molecule has 2 atom stereocenters. The molecule has 1 aromatic carbocycles. The minimum absolute atomic E-state index is 0.127. The number of allylic oxidation sites excluding steroid dienone is 1. The van der Waals surface area contributed by atoms with Crippen molar-refractivity contribution >= 4 is 5.69 Å². The van der Waals surface area contributed by atoms with E-state index in [-0.39, 0.29) is 6.04 Å². The second-order valence-electron chi connectivity index (χ2n) is 4.95. The van der Waals surface area contributed by atoms with E-state index < -0.39 is 6.10 Å². The molecule has 0 heterocycles. The van der Waals surface area contributed by atoms with Crippen LogP contribution < -0.4 is 5.32 Å². The van der Waals surface area contributed by atoms with Crippen molar-refractivity contribution in [2.45, 2.75) is 44.8 Å². The molecule has 0 aromatic heterocycles. The van der Waals surface area contributed by atoms with E-state index in [2.05, 4.69) is 23.0 Å². The van der Waals surface area contributed by atoms with E-state index in [4.69, 9.17) is 6.42 Å². The molecular weight excluding hydrogens is 264 g/mol. The summed E-state index contributed by atoms with van der Waals surface area (Å²) in [5.41, 5.74) is 1.98. The van der Waals surface area contributed by atoms with E-state index in [1.807, 2.05) is 6.92 Å². The zero-order chi connectivity index (χ0) is 15.7. The van der Waals surface area contributed by atoms with E-state index in [1.54, 1.807) is 24.3 Å². The Balaban J connectivity index is 2.63. The predicted octanol–water partition coefficient (Wildman–Crippen LogP) is 3.80. The number of nitrogens with zero attached hydrogens (tertiary/aromatic N) is 1. The van der Waals surface area contributed by atoms with Crippen molar-refractivity contribution in [3.8, 4) is 12.3 Å². The van der Waals surface area contributed by atoms with Gasteiger partial charge in [-0.05, 0) is 42.1 Å². The SMILES string of the molecule is C#CCCCC(=C)N[C@H](CC)[C@H](O)c1ccc(N=O)cc1. The van der Waals surface area contributed by atoms with Crippen LogP contribution in [0.2, 0.25) is 0 Å². The first-order valence-electron chi connectivity index (χ1n) is 7.11. The Hall–Kier alpha value is -2.12. The van der Waals surface area contributed by atoms with Crippen LogP contribution in [-0.2, 0) is 0 Å². The third-order valence-corrected chi connectivity index (χ3v) is 3.35. The van der Waals surface area contributed by atoms with Crippen LogP contribution in [0.4, 0.5) is 5.69 Å². The van der Waals surface area contributed by atoms with Gasteiger partial charge in [-0.2, -0.15) is 0 Å². The van der Waals surface area contributed by atoms with E-state index in [1.165, 1.54) is 0 Å². The Morgan fingerprint density at radius 2 is 2.14 bits per heavy atom. The molecule has 0 fully saturated rings. The number of aliphatic hydroxyl groups excluding tert-OH is 1. The zero-order valence-corrected chi connectivity index (χ0v) is 12.4. The van der Waals surface area contributed by atoms with Crippen LogP contribution in [0, 0.1) is 17.3 Å². The molecule has 0 amide bonds. The van der Waals surface area contributed by atoms with Gasteiger partial charge in [-0.15, -0.1) is 17.3 Å². The highest BCUT2D eigenvalue weighted by Gasteiger charge is 2.19. The molecule has 1 rings (SSSR count). The molecule has 0 saturated carbocycles. The first kappa shape index (κ1) is 16.9. The Morgan fingerprint density at radius 1 is 1.48 bits per heavy atom. The van der Waals surface area contributed by atoms with Crippen molar-refractivity contribution < 1.29 is 5.11 Å². The van der Waals surface area contributed by atoms with Crippen LogP contribution in [0.25, 0.3) is 0 Å². The predicted molar refractivity (Wildman–Crippen MR) is 85.9 cm³/mol. The highest BCUT2D eigenvalue weighted by molar-refractivity contribution is 5.39. The molecule has 21 heavy (non-hydrogen) atoms. The van der Waals surface area contributed by atoms with Crippen LogP contribution in [0.3, 0.4) is 0 Å². The summed E-state index contributed by atoms with van der Waals surface area (Å²) in [6.07, 6.45) is 7.71. The summed E-state index contributed by atoms with van der Waals surface area (Å²) in [6.45, 7) is 5.97. The maximum absolute atomic E-state index is 10.4. The third kappa shape index (κ3) is 5.41. The molecule has 0 aliphatic rings. The fraction of sp³-hybridized carbons (Fsp3) is 0.412. The van der Waals surface area contributed by atoms with Gasteiger partial charge >= 0.3 is 0 Å². The smallest absolute Gasteiger partial charge is 0.108 e. The lowest BCUT2D eigenvalue weighted by atomic mass is 9.99. The lowest BCUT2D eigenvalue weighted by molar-refractivity contribution is 0.130. The van der Waals surface area contributed by atoms with Gasteiger partial charge in [0.1, 0.15) is 5.69 Å². The molecule has 0 spiro atoms. The van der Waals surface area contributed by atoms with Crippen LogP contribution in [0.1, 0.15) is 44.3 Å². The molecule has 2 N–H and O–H groups in total. The molecular formula is C17H22N2O2. The largest absolute Gasteiger partial charge is 0.386 e. The van der Waals surface area contributed by atoms with Crippen LogP contribution in [0.5, 0.6) is 0 Å². The van der Waals surface area contributed by atoms with Gasteiger partial charge in [-0.25, -0.2) is 0 Å². The molecule has 0 unspecified atom stereocenters. The summed E-state index contributed by atoms with van der Waals surface area (Å²) in [7, 11) is 0. The second-order valence-corrected chi connectivity index (χ2v) is 4.95. The van der Waals surface area contributed by atoms with E-state index in [0.29, 0.717) is 5.69 Å². The summed E-state index contributed by atoms with van der Waals surface area (Å²) >= 11 is 0. The minimum Gasteiger partial charge on any atom is -0.386 e. The summed E-state index contributed by atoms with van der Waals surface area (Å²) in [5, 5.41) is 16.5. The van der Waals surface area contributed by atoms with Crippen LogP contribution in [0.15, 0.2) is 41.7 Å². The number of nitrogens with one attached hydrogen (secondary N) is 1. The number of rotatable bonds is 9. The van der Waals surface area contributed by atoms with Gasteiger partial charge in [0.25, 0.3) is 0 Å². The van der Waals surface area contributed by atoms with Gasteiger partial charge in [-0.1, -0.05) is 25.6 Å². The van der Waals surface area contributed by atoms with Gasteiger partial charge in [0.2, 0.25) is 0 Å². The number of hydrogen-bond acceptors (Lipinski definition) is 4. The van der Waals surface area contributed by atoms with Crippen molar-refractivity contribution in [3.63, 3.8) is 0 Å². The van der Waals surface area contributed by atoms with E-state index >= 15 is 0 Å². The Kier molecular flexibility index (Phi) is 7.20. The minimum atomic E-state index is -0.667. The molecule has 112 valence electrons. The zero-order valence-electron chi connectivity index (χ0n) is 12.4. The first-order chi connectivity index (χ1) is 10.1. The summed E-state index contributed by atoms with van der Waals surface area (Å²) in [5.74, 6) is 2.60. The third-order valence-electron chi connectivity index (χ3n) is 3.35. The summed E-state index contributed by atoms with van der Waals surface area (Å²) in [4.78, 5) is 10.4.